The van der Waals surface area contributed by atoms with Crippen LogP contribution in [0.4, 0.5) is 10.5 Å². The molecule has 0 aliphatic heterocycles. The minimum Gasteiger partial charge on any atom is -0.335 e. The summed E-state index contributed by atoms with van der Waals surface area (Å²) in [7, 11) is 0. The number of carbonyl (C=O) groups excluding carboxylic acids is 1. The number of carbonyl (C=O) groups is 1. The van der Waals surface area contributed by atoms with Gasteiger partial charge in [0, 0.05) is 17.3 Å². The van der Waals surface area contributed by atoms with Crippen molar-refractivity contribution in [2.24, 2.45) is 5.73 Å². The Hall–Kier alpha value is -1.99. The molecule has 0 unspecified atom stereocenters. The van der Waals surface area contributed by atoms with Gasteiger partial charge in [0.1, 0.15) is 0 Å². The van der Waals surface area contributed by atoms with E-state index in [0.717, 1.165) is 29.7 Å². The van der Waals surface area contributed by atoms with Crippen molar-refractivity contribution >= 4 is 11.7 Å². The average Bonchev–Trinajstić information content (AvgIpc) is 3.12. The van der Waals surface area contributed by atoms with Crippen molar-refractivity contribution in [3.8, 4) is 11.8 Å². The van der Waals surface area contributed by atoms with Crippen LogP contribution in [0.5, 0.6) is 0 Å². The predicted octanol–water partition coefficient (Wildman–Crippen LogP) is 1.59. The lowest BCUT2D eigenvalue weighted by atomic mass is 10.1. The van der Waals surface area contributed by atoms with Gasteiger partial charge >= 0.3 is 6.03 Å². The second-order valence-electron chi connectivity index (χ2n) is 4.41. The van der Waals surface area contributed by atoms with Crippen LogP contribution < -0.4 is 16.4 Å². The molecule has 0 spiro atoms. The molecule has 0 heterocycles. The summed E-state index contributed by atoms with van der Waals surface area (Å²) < 4.78 is 0. The third-order valence-electron chi connectivity index (χ3n) is 2.72. The molecule has 0 radical (unpaired) electrons. The van der Waals surface area contributed by atoms with Crippen LogP contribution >= 0.6 is 0 Å². The average molecular weight is 243 g/mol. The maximum absolute atomic E-state index is 11.6. The number of aryl methyl sites for hydroxylation is 1. The Labute approximate surface area is 107 Å². The van der Waals surface area contributed by atoms with Gasteiger partial charge in [-0.1, -0.05) is 11.8 Å². The molecule has 2 rings (SSSR count). The monoisotopic (exact) mass is 243 g/mol. The van der Waals surface area contributed by atoms with Crippen LogP contribution in [-0.4, -0.2) is 18.6 Å². The third-order valence-corrected chi connectivity index (χ3v) is 2.72. The quantitative estimate of drug-likeness (QED) is 0.690. The number of urea groups is 1. The first kappa shape index (κ1) is 12.5. The Balaban J connectivity index is 2.01. The Bertz CT molecular complexity index is 510. The number of anilines is 1. The summed E-state index contributed by atoms with van der Waals surface area (Å²) in [6, 6.07) is 5.87. The lowest BCUT2D eigenvalue weighted by Gasteiger charge is -2.08. The summed E-state index contributed by atoms with van der Waals surface area (Å²) >= 11 is 0. The van der Waals surface area contributed by atoms with Crippen molar-refractivity contribution in [3.05, 3.63) is 29.3 Å². The largest absolute Gasteiger partial charge is 0.335 e. The summed E-state index contributed by atoms with van der Waals surface area (Å²) in [4.78, 5) is 11.6. The van der Waals surface area contributed by atoms with Crippen LogP contribution in [0.25, 0.3) is 0 Å². The normalized spacial score (nSPS) is 13.4. The van der Waals surface area contributed by atoms with Crippen LogP contribution in [0, 0.1) is 18.8 Å². The highest BCUT2D eigenvalue weighted by molar-refractivity contribution is 5.89. The molecular formula is C14H17N3O. The van der Waals surface area contributed by atoms with E-state index < -0.39 is 0 Å². The van der Waals surface area contributed by atoms with E-state index in [1.165, 1.54) is 0 Å². The zero-order valence-corrected chi connectivity index (χ0v) is 10.4. The fraction of sp³-hybridized carbons (Fsp3) is 0.357. The number of nitrogens with two attached hydrogens (primary N) is 1. The standard InChI is InChI=1S/C14H17N3O/c1-10-9-13(5-4-11(10)3-2-8-15)17-14(18)16-12-6-7-12/h4-5,9,12H,6-8,15H2,1H3,(H2,16,17,18). The highest BCUT2D eigenvalue weighted by Gasteiger charge is 2.23. The molecule has 4 nitrogen and oxygen atoms in total. The third kappa shape index (κ3) is 3.51. The first-order chi connectivity index (χ1) is 8.69. The van der Waals surface area contributed by atoms with Crippen LogP contribution in [0.1, 0.15) is 24.0 Å². The number of rotatable bonds is 2. The van der Waals surface area contributed by atoms with Gasteiger partial charge in [-0.2, -0.15) is 0 Å². The summed E-state index contributed by atoms with van der Waals surface area (Å²) in [6.45, 7) is 2.31. The minimum atomic E-state index is -0.141. The number of hydrogen-bond donors (Lipinski definition) is 3. The molecule has 1 aliphatic rings. The zero-order valence-electron chi connectivity index (χ0n) is 10.4. The molecule has 94 valence electrons. The molecular weight excluding hydrogens is 226 g/mol. The van der Waals surface area contributed by atoms with Gasteiger partial charge in [-0.05, 0) is 43.5 Å². The first-order valence-electron chi connectivity index (χ1n) is 6.06. The number of hydrogen-bond acceptors (Lipinski definition) is 2. The van der Waals surface area contributed by atoms with Crippen molar-refractivity contribution in [3.63, 3.8) is 0 Å². The van der Waals surface area contributed by atoms with E-state index in [1.807, 2.05) is 25.1 Å². The molecule has 1 aliphatic carbocycles. The summed E-state index contributed by atoms with van der Waals surface area (Å²) in [5, 5.41) is 5.69. The number of nitrogens with one attached hydrogen (secondary N) is 2. The van der Waals surface area contributed by atoms with Crippen molar-refractivity contribution in [2.75, 3.05) is 11.9 Å². The lowest BCUT2D eigenvalue weighted by Crippen LogP contribution is -2.30. The second-order valence-corrected chi connectivity index (χ2v) is 4.41. The van der Waals surface area contributed by atoms with Gasteiger partial charge < -0.3 is 16.4 Å². The van der Waals surface area contributed by atoms with E-state index in [1.54, 1.807) is 0 Å². The molecule has 1 aromatic carbocycles. The topological polar surface area (TPSA) is 67.2 Å². The van der Waals surface area contributed by atoms with Crippen LogP contribution in [0.2, 0.25) is 0 Å². The highest BCUT2D eigenvalue weighted by atomic mass is 16.2. The highest BCUT2D eigenvalue weighted by Crippen LogP contribution is 2.19. The zero-order chi connectivity index (χ0) is 13.0. The van der Waals surface area contributed by atoms with Crippen LogP contribution in [0.15, 0.2) is 18.2 Å². The van der Waals surface area contributed by atoms with Crippen molar-refractivity contribution in [2.45, 2.75) is 25.8 Å². The fourth-order valence-corrected chi connectivity index (χ4v) is 1.61. The van der Waals surface area contributed by atoms with E-state index in [-0.39, 0.29) is 6.03 Å². The Morgan fingerprint density at radius 3 is 2.89 bits per heavy atom. The Kier molecular flexibility index (Phi) is 3.85. The fourth-order valence-electron chi connectivity index (χ4n) is 1.61. The van der Waals surface area contributed by atoms with E-state index >= 15 is 0 Å². The van der Waals surface area contributed by atoms with Gasteiger partial charge in [-0.3, -0.25) is 0 Å². The van der Waals surface area contributed by atoms with Crippen LogP contribution in [-0.2, 0) is 0 Å². The summed E-state index contributed by atoms with van der Waals surface area (Å²) in [6.07, 6.45) is 2.17. The molecule has 1 saturated carbocycles. The maximum Gasteiger partial charge on any atom is 0.319 e. The molecule has 0 atom stereocenters. The summed E-state index contributed by atoms with van der Waals surface area (Å²) in [5.41, 5.74) is 8.08. The van der Waals surface area contributed by atoms with Gasteiger partial charge in [0.05, 0.1) is 6.54 Å². The minimum absolute atomic E-state index is 0.141. The van der Waals surface area contributed by atoms with E-state index in [0.29, 0.717) is 12.6 Å². The first-order valence-corrected chi connectivity index (χ1v) is 6.06. The second kappa shape index (κ2) is 5.56. The molecule has 1 aromatic rings. The predicted molar refractivity (Wildman–Crippen MR) is 72.3 cm³/mol. The summed E-state index contributed by atoms with van der Waals surface area (Å²) in [5.74, 6) is 5.81. The smallest absolute Gasteiger partial charge is 0.319 e. The van der Waals surface area contributed by atoms with Crippen molar-refractivity contribution in [1.29, 1.82) is 0 Å². The number of benzene rings is 1. The molecule has 2 amide bonds. The molecule has 4 heteroatoms. The number of amides is 2. The SMILES string of the molecule is Cc1cc(NC(=O)NC2CC2)ccc1C#CCN. The van der Waals surface area contributed by atoms with E-state index in [9.17, 15) is 4.79 Å². The molecule has 18 heavy (non-hydrogen) atoms. The van der Waals surface area contributed by atoms with Gasteiger partial charge in [0.25, 0.3) is 0 Å². The van der Waals surface area contributed by atoms with Gasteiger partial charge in [-0.15, -0.1) is 0 Å². The van der Waals surface area contributed by atoms with E-state index in [2.05, 4.69) is 22.5 Å². The van der Waals surface area contributed by atoms with Crippen LogP contribution in [0.3, 0.4) is 0 Å². The molecule has 4 N–H and O–H groups in total. The Morgan fingerprint density at radius 2 is 2.28 bits per heavy atom. The maximum atomic E-state index is 11.6. The van der Waals surface area contributed by atoms with Crippen molar-refractivity contribution < 1.29 is 4.79 Å². The van der Waals surface area contributed by atoms with E-state index in [4.69, 9.17) is 5.73 Å². The lowest BCUT2D eigenvalue weighted by molar-refractivity contribution is 0.251. The molecule has 0 bridgehead atoms. The van der Waals surface area contributed by atoms with Crippen molar-refractivity contribution in [1.82, 2.24) is 5.32 Å². The molecule has 0 saturated heterocycles. The van der Waals surface area contributed by atoms with Gasteiger partial charge in [-0.25, -0.2) is 4.79 Å². The van der Waals surface area contributed by atoms with Gasteiger partial charge in [0.15, 0.2) is 0 Å². The molecule has 1 fully saturated rings. The Morgan fingerprint density at radius 1 is 1.50 bits per heavy atom. The molecule has 0 aromatic heterocycles. The van der Waals surface area contributed by atoms with Gasteiger partial charge in [0.2, 0.25) is 0 Å².